The minimum Gasteiger partial charge on any atom is -0.497 e. The van der Waals surface area contributed by atoms with Gasteiger partial charge in [0.25, 0.3) is 0 Å². The molecule has 0 atom stereocenters. The van der Waals surface area contributed by atoms with Gasteiger partial charge >= 0.3 is 0 Å². The Morgan fingerprint density at radius 2 is 1.74 bits per heavy atom. The summed E-state index contributed by atoms with van der Waals surface area (Å²) in [6.45, 7) is 0.686. The number of amides is 1. The largest absolute Gasteiger partial charge is 0.497 e. The molecule has 0 heterocycles. The number of benzene rings is 2. The van der Waals surface area contributed by atoms with Crippen molar-refractivity contribution in [2.75, 3.05) is 12.4 Å². The van der Waals surface area contributed by atoms with Gasteiger partial charge in [-0.05, 0) is 42.0 Å². The van der Waals surface area contributed by atoms with Crippen molar-refractivity contribution in [2.24, 2.45) is 5.73 Å². The van der Waals surface area contributed by atoms with Gasteiger partial charge in [0.05, 0.1) is 7.11 Å². The second kappa shape index (κ2) is 5.91. The predicted molar refractivity (Wildman–Crippen MR) is 75.3 cm³/mol. The van der Waals surface area contributed by atoms with Crippen LogP contribution in [0, 0.1) is 0 Å². The van der Waals surface area contributed by atoms with Crippen LogP contribution in [0.2, 0.25) is 0 Å². The highest BCUT2D eigenvalue weighted by Gasteiger charge is 2.00. The van der Waals surface area contributed by atoms with Gasteiger partial charge in [-0.25, -0.2) is 0 Å². The van der Waals surface area contributed by atoms with Gasteiger partial charge in [-0.1, -0.05) is 12.1 Å². The first-order valence-corrected chi connectivity index (χ1v) is 5.96. The summed E-state index contributed by atoms with van der Waals surface area (Å²) >= 11 is 0. The highest BCUT2D eigenvalue weighted by Crippen LogP contribution is 2.16. The molecule has 0 aliphatic rings. The molecule has 2 aromatic rings. The summed E-state index contributed by atoms with van der Waals surface area (Å²) in [5.41, 5.74) is 7.81. The van der Waals surface area contributed by atoms with Crippen molar-refractivity contribution >= 4 is 11.6 Å². The number of hydrogen-bond donors (Lipinski definition) is 2. The Kier molecular flexibility index (Phi) is 4.03. The maximum atomic E-state index is 10.9. The predicted octanol–water partition coefficient (Wildman–Crippen LogP) is 2.41. The Bertz CT molecular complexity index is 547. The zero-order chi connectivity index (χ0) is 13.7. The summed E-state index contributed by atoms with van der Waals surface area (Å²) in [5.74, 6) is 0.422. The number of nitrogens with two attached hydrogens (primary N) is 1. The Hall–Kier alpha value is -2.49. The maximum Gasteiger partial charge on any atom is 0.248 e. The molecule has 1 amide bonds. The van der Waals surface area contributed by atoms with Crippen molar-refractivity contribution in [3.63, 3.8) is 0 Å². The van der Waals surface area contributed by atoms with Crippen LogP contribution < -0.4 is 15.8 Å². The molecule has 0 fully saturated rings. The first-order chi connectivity index (χ1) is 9.19. The SMILES string of the molecule is COc1ccc(NCc2ccc(C(N)=O)cc2)cc1. The minimum atomic E-state index is -0.408. The lowest BCUT2D eigenvalue weighted by Crippen LogP contribution is -2.10. The molecule has 3 N–H and O–H groups in total. The van der Waals surface area contributed by atoms with Crippen LogP contribution in [0.4, 0.5) is 5.69 Å². The second-order valence-electron chi connectivity index (χ2n) is 4.14. The normalized spacial score (nSPS) is 9.95. The van der Waals surface area contributed by atoms with Gasteiger partial charge in [0.15, 0.2) is 0 Å². The van der Waals surface area contributed by atoms with Crippen molar-refractivity contribution in [3.8, 4) is 5.75 Å². The lowest BCUT2D eigenvalue weighted by Gasteiger charge is -2.07. The Labute approximate surface area is 112 Å². The van der Waals surface area contributed by atoms with Gasteiger partial charge < -0.3 is 15.8 Å². The van der Waals surface area contributed by atoms with E-state index < -0.39 is 5.91 Å². The molecule has 4 heteroatoms. The topological polar surface area (TPSA) is 64.3 Å². The van der Waals surface area contributed by atoms with E-state index in [0.717, 1.165) is 17.0 Å². The van der Waals surface area contributed by atoms with E-state index in [9.17, 15) is 4.79 Å². The summed E-state index contributed by atoms with van der Waals surface area (Å²) < 4.78 is 5.10. The molecule has 0 spiro atoms. The molecule has 19 heavy (non-hydrogen) atoms. The number of ether oxygens (including phenoxy) is 1. The van der Waals surface area contributed by atoms with Crippen molar-refractivity contribution in [1.29, 1.82) is 0 Å². The fraction of sp³-hybridized carbons (Fsp3) is 0.133. The molecule has 0 unspecified atom stereocenters. The van der Waals surface area contributed by atoms with Gasteiger partial charge in [-0.2, -0.15) is 0 Å². The summed E-state index contributed by atoms with van der Waals surface area (Å²) in [4.78, 5) is 10.9. The van der Waals surface area contributed by atoms with E-state index in [1.54, 1.807) is 19.2 Å². The van der Waals surface area contributed by atoms with Crippen LogP contribution in [-0.2, 0) is 6.54 Å². The van der Waals surface area contributed by atoms with Gasteiger partial charge in [0.1, 0.15) is 5.75 Å². The molecule has 98 valence electrons. The lowest BCUT2D eigenvalue weighted by molar-refractivity contribution is 0.100. The molecular formula is C15H16N2O2. The van der Waals surface area contributed by atoms with E-state index in [2.05, 4.69) is 5.32 Å². The molecule has 0 bridgehead atoms. The van der Waals surface area contributed by atoms with Gasteiger partial charge in [0.2, 0.25) is 5.91 Å². The Morgan fingerprint density at radius 1 is 1.11 bits per heavy atom. The van der Waals surface area contributed by atoms with E-state index in [0.29, 0.717) is 12.1 Å². The van der Waals surface area contributed by atoms with Crippen molar-refractivity contribution < 1.29 is 9.53 Å². The fourth-order valence-corrected chi connectivity index (χ4v) is 1.70. The van der Waals surface area contributed by atoms with Crippen LogP contribution in [0.25, 0.3) is 0 Å². The summed E-state index contributed by atoms with van der Waals surface area (Å²) in [6, 6.07) is 14.9. The Morgan fingerprint density at radius 3 is 2.26 bits per heavy atom. The molecule has 2 aromatic carbocycles. The van der Waals surface area contributed by atoms with Gasteiger partial charge in [-0.15, -0.1) is 0 Å². The highest BCUT2D eigenvalue weighted by atomic mass is 16.5. The van der Waals surface area contributed by atoms with E-state index in [1.165, 1.54) is 0 Å². The number of primary amides is 1. The van der Waals surface area contributed by atoms with Crippen LogP contribution in [0.1, 0.15) is 15.9 Å². The maximum absolute atomic E-state index is 10.9. The van der Waals surface area contributed by atoms with Crippen molar-refractivity contribution in [1.82, 2.24) is 0 Å². The Balaban J connectivity index is 1.95. The fourth-order valence-electron chi connectivity index (χ4n) is 1.70. The second-order valence-corrected chi connectivity index (χ2v) is 4.14. The van der Waals surface area contributed by atoms with Gasteiger partial charge in [-0.3, -0.25) is 4.79 Å². The van der Waals surface area contributed by atoms with Gasteiger partial charge in [0, 0.05) is 17.8 Å². The van der Waals surface area contributed by atoms with Crippen molar-refractivity contribution in [3.05, 3.63) is 59.7 Å². The summed E-state index contributed by atoms with van der Waals surface area (Å²) in [7, 11) is 1.64. The highest BCUT2D eigenvalue weighted by molar-refractivity contribution is 5.92. The molecule has 0 aliphatic heterocycles. The summed E-state index contributed by atoms with van der Waals surface area (Å²) in [5, 5.41) is 3.29. The number of nitrogens with one attached hydrogen (secondary N) is 1. The first-order valence-electron chi connectivity index (χ1n) is 5.96. The third-order valence-corrected chi connectivity index (χ3v) is 2.83. The lowest BCUT2D eigenvalue weighted by atomic mass is 10.1. The first kappa shape index (κ1) is 13.0. The van der Waals surface area contributed by atoms with Crippen molar-refractivity contribution in [2.45, 2.75) is 6.54 Å². The van der Waals surface area contributed by atoms with E-state index in [1.807, 2.05) is 36.4 Å². The molecule has 0 aromatic heterocycles. The molecule has 0 radical (unpaired) electrons. The average Bonchev–Trinajstić information content (AvgIpc) is 2.46. The number of anilines is 1. The van der Waals surface area contributed by atoms with Crippen LogP contribution >= 0.6 is 0 Å². The number of carbonyl (C=O) groups is 1. The number of rotatable bonds is 5. The molecule has 0 saturated carbocycles. The third-order valence-electron chi connectivity index (χ3n) is 2.83. The van der Waals surface area contributed by atoms with Crippen LogP contribution in [0.5, 0.6) is 5.75 Å². The molecular weight excluding hydrogens is 240 g/mol. The zero-order valence-electron chi connectivity index (χ0n) is 10.7. The molecule has 0 saturated heterocycles. The van der Waals surface area contributed by atoms with E-state index >= 15 is 0 Å². The smallest absolute Gasteiger partial charge is 0.248 e. The number of carbonyl (C=O) groups excluding carboxylic acids is 1. The molecule has 2 rings (SSSR count). The average molecular weight is 256 g/mol. The number of hydrogen-bond acceptors (Lipinski definition) is 3. The van der Waals surface area contributed by atoms with E-state index in [4.69, 9.17) is 10.5 Å². The minimum absolute atomic E-state index is 0.408. The summed E-state index contributed by atoms with van der Waals surface area (Å²) in [6.07, 6.45) is 0. The zero-order valence-corrected chi connectivity index (χ0v) is 10.7. The quantitative estimate of drug-likeness (QED) is 0.863. The van der Waals surface area contributed by atoms with Crippen LogP contribution in [0.15, 0.2) is 48.5 Å². The third kappa shape index (κ3) is 3.48. The van der Waals surface area contributed by atoms with Crippen LogP contribution in [-0.4, -0.2) is 13.0 Å². The van der Waals surface area contributed by atoms with E-state index in [-0.39, 0.29) is 0 Å². The molecule has 0 aliphatic carbocycles. The monoisotopic (exact) mass is 256 g/mol. The molecule has 4 nitrogen and oxygen atoms in total. The number of methoxy groups -OCH3 is 1. The van der Waals surface area contributed by atoms with Crippen LogP contribution in [0.3, 0.4) is 0 Å². The standard InChI is InChI=1S/C15H16N2O2/c1-19-14-8-6-13(7-9-14)17-10-11-2-4-12(5-3-11)15(16)18/h2-9,17H,10H2,1H3,(H2,16,18).